The minimum absolute atomic E-state index is 0.399. The molecule has 2 aromatic carbocycles. The van der Waals surface area contributed by atoms with Crippen molar-refractivity contribution in [1.29, 1.82) is 0 Å². The van der Waals surface area contributed by atoms with Gasteiger partial charge in [-0.3, -0.25) is 4.79 Å². The highest BCUT2D eigenvalue weighted by Crippen LogP contribution is 2.39. The molecule has 24 heavy (non-hydrogen) atoms. The molecule has 2 aromatic rings. The van der Waals surface area contributed by atoms with Crippen LogP contribution in [0.1, 0.15) is 17.2 Å². The number of amides is 1. The molecule has 0 saturated heterocycles. The van der Waals surface area contributed by atoms with Crippen molar-refractivity contribution in [3.63, 3.8) is 0 Å². The minimum atomic E-state index is -1.18. The second-order valence-electron chi connectivity index (χ2n) is 5.93. The summed E-state index contributed by atoms with van der Waals surface area (Å²) in [5.41, 5.74) is 2.89. The van der Waals surface area contributed by atoms with E-state index in [4.69, 9.17) is 4.74 Å². The average molecular weight is 326 g/mol. The van der Waals surface area contributed by atoms with Crippen LogP contribution < -0.4 is 15.0 Å². The second-order valence-corrected chi connectivity index (χ2v) is 5.93. The smallest absolute Gasteiger partial charge is 0.251 e. The Morgan fingerprint density at radius 3 is 2.71 bits per heavy atom. The molecule has 3 rings (SSSR count). The van der Waals surface area contributed by atoms with Crippen molar-refractivity contribution in [1.82, 2.24) is 5.32 Å². The number of hydrogen-bond acceptors (Lipinski definition) is 4. The van der Waals surface area contributed by atoms with Gasteiger partial charge in [0.25, 0.3) is 5.91 Å². The first-order chi connectivity index (χ1) is 11.6. The predicted molar refractivity (Wildman–Crippen MR) is 93.3 cm³/mol. The van der Waals surface area contributed by atoms with E-state index in [1.165, 1.54) is 7.05 Å². The molecule has 0 bridgehead atoms. The van der Waals surface area contributed by atoms with Crippen LogP contribution in [0.3, 0.4) is 0 Å². The van der Waals surface area contributed by atoms with Crippen molar-refractivity contribution in [2.45, 2.75) is 19.1 Å². The highest BCUT2D eigenvalue weighted by Gasteiger charge is 2.35. The van der Waals surface area contributed by atoms with Gasteiger partial charge >= 0.3 is 0 Å². The molecule has 0 spiro atoms. The highest BCUT2D eigenvalue weighted by atomic mass is 16.5. The number of carbonyl (C=O) groups excluding carboxylic acids is 1. The molecule has 1 heterocycles. The number of nitrogens with one attached hydrogen (secondary N) is 1. The van der Waals surface area contributed by atoms with Crippen LogP contribution in [-0.4, -0.2) is 37.3 Å². The predicted octanol–water partition coefficient (Wildman–Crippen LogP) is 2.04. The molecule has 1 aliphatic rings. The molecule has 0 radical (unpaired) electrons. The maximum Gasteiger partial charge on any atom is 0.251 e. The molecule has 2 unspecified atom stereocenters. The fourth-order valence-electron chi connectivity index (χ4n) is 3.11. The number of aryl methyl sites for hydroxylation is 1. The van der Waals surface area contributed by atoms with Crippen molar-refractivity contribution in [3.8, 4) is 5.75 Å². The zero-order valence-electron chi connectivity index (χ0n) is 13.9. The van der Waals surface area contributed by atoms with Gasteiger partial charge in [-0.1, -0.05) is 36.4 Å². The van der Waals surface area contributed by atoms with E-state index in [2.05, 4.69) is 10.2 Å². The van der Waals surface area contributed by atoms with Crippen molar-refractivity contribution in [2.24, 2.45) is 0 Å². The topological polar surface area (TPSA) is 61.8 Å². The van der Waals surface area contributed by atoms with Crippen LogP contribution in [-0.2, 0) is 4.79 Å². The number of ether oxygens (including phenoxy) is 1. The van der Waals surface area contributed by atoms with Gasteiger partial charge in [0.2, 0.25) is 0 Å². The van der Waals surface area contributed by atoms with Gasteiger partial charge in [0.1, 0.15) is 12.4 Å². The zero-order valence-corrected chi connectivity index (χ0v) is 13.9. The molecule has 2 N–H and O–H groups in total. The zero-order chi connectivity index (χ0) is 17.1. The van der Waals surface area contributed by atoms with Crippen molar-refractivity contribution >= 4 is 11.6 Å². The largest absolute Gasteiger partial charge is 0.490 e. The minimum Gasteiger partial charge on any atom is -0.490 e. The van der Waals surface area contributed by atoms with E-state index in [1.807, 2.05) is 55.5 Å². The molecular weight excluding hydrogens is 304 g/mol. The summed E-state index contributed by atoms with van der Waals surface area (Å²) in [6, 6.07) is 15.1. The molecule has 126 valence electrons. The Balaban J connectivity index is 2.07. The fraction of sp³-hybridized carbons (Fsp3) is 0.316. The summed E-state index contributed by atoms with van der Waals surface area (Å²) in [7, 11) is 1.53. The van der Waals surface area contributed by atoms with Crippen LogP contribution in [0.2, 0.25) is 0 Å². The number of rotatable bonds is 4. The average Bonchev–Trinajstić information content (AvgIpc) is 2.62. The van der Waals surface area contributed by atoms with Crippen molar-refractivity contribution in [2.75, 3.05) is 25.1 Å². The van der Waals surface area contributed by atoms with Gasteiger partial charge in [0.05, 0.1) is 18.3 Å². The summed E-state index contributed by atoms with van der Waals surface area (Å²) in [5, 5.41) is 13.2. The molecule has 0 fully saturated rings. The van der Waals surface area contributed by atoms with E-state index < -0.39 is 18.1 Å². The monoisotopic (exact) mass is 326 g/mol. The van der Waals surface area contributed by atoms with E-state index in [0.29, 0.717) is 13.2 Å². The van der Waals surface area contributed by atoms with Crippen LogP contribution in [0, 0.1) is 6.92 Å². The third-order valence-electron chi connectivity index (χ3n) is 4.30. The number of benzene rings is 2. The lowest BCUT2D eigenvalue weighted by Crippen LogP contribution is -2.47. The van der Waals surface area contributed by atoms with Crippen LogP contribution >= 0.6 is 0 Å². The highest BCUT2D eigenvalue weighted by molar-refractivity contribution is 5.82. The maximum atomic E-state index is 12.1. The first-order valence-corrected chi connectivity index (χ1v) is 8.06. The number of nitrogens with zero attached hydrogens (tertiary/aromatic N) is 1. The Bertz CT molecular complexity index is 718. The molecule has 0 aromatic heterocycles. The lowest BCUT2D eigenvalue weighted by atomic mass is 9.97. The number of aliphatic hydroxyl groups excluding tert-OH is 1. The van der Waals surface area contributed by atoms with Crippen LogP contribution in [0.4, 0.5) is 5.69 Å². The van der Waals surface area contributed by atoms with Crippen LogP contribution in [0.5, 0.6) is 5.75 Å². The summed E-state index contributed by atoms with van der Waals surface area (Å²) in [4.78, 5) is 14.2. The number of hydrogen-bond donors (Lipinski definition) is 2. The Hall–Kier alpha value is -2.53. The second kappa shape index (κ2) is 6.93. The number of anilines is 1. The van der Waals surface area contributed by atoms with Crippen LogP contribution in [0.15, 0.2) is 48.5 Å². The summed E-state index contributed by atoms with van der Waals surface area (Å²) < 4.78 is 5.74. The number of likely N-dealkylation sites (N-methyl/N-ethyl adjacent to an activating group) is 1. The van der Waals surface area contributed by atoms with E-state index in [1.54, 1.807) is 0 Å². The molecule has 0 aliphatic carbocycles. The standard InChI is InChI=1S/C19H22N2O3/c1-13-8-9-16-15(12-13)21(10-11-24-16)17(18(22)19(23)20-2)14-6-4-3-5-7-14/h3-9,12,17-18,22H,10-11H2,1-2H3,(H,20,23). The first kappa shape index (κ1) is 16.3. The Kier molecular flexibility index (Phi) is 4.71. The van der Waals surface area contributed by atoms with E-state index in [0.717, 1.165) is 22.6 Å². The fourth-order valence-corrected chi connectivity index (χ4v) is 3.11. The SMILES string of the molecule is CNC(=O)C(O)C(c1ccccc1)N1CCOc2ccc(C)cc21. The first-order valence-electron chi connectivity index (χ1n) is 8.06. The van der Waals surface area contributed by atoms with Gasteiger partial charge in [-0.2, -0.15) is 0 Å². The van der Waals surface area contributed by atoms with Gasteiger partial charge in [-0.25, -0.2) is 0 Å². The Morgan fingerprint density at radius 1 is 1.25 bits per heavy atom. The lowest BCUT2D eigenvalue weighted by Gasteiger charge is -2.39. The summed E-state index contributed by atoms with van der Waals surface area (Å²) in [6.07, 6.45) is -1.18. The molecule has 1 amide bonds. The van der Waals surface area contributed by atoms with Gasteiger partial charge in [0, 0.05) is 7.05 Å². The van der Waals surface area contributed by atoms with Gasteiger partial charge < -0.3 is 20.1 Å². The summed E-state index contributed by atoms with van der Waals surface area (Å²) >= 11 is 0. The van der Waals surface area contributed by atoms with E-state index >= 15 is 0 Å². The maximum absolute atomic E-state index is 12.1. The van der Waals surface area contributed by atoms with Gasteiger partial charge in [-0.05, 0) is 30.2 Å². The van der Waals surface area contributed by atoms with E-state index in [9.17, 15) is 9.90 Å². The Morgan fingerprint density at radius 2 is 2.00 bits per heavy atom. The molecular formula is C19H22N2O3. The molecule has 5 nitrogen and oxygen atoms in total. The van der Waals surface area contributed by atoms with Crippen molar-refractivity contribution < 1.29 is 14.6 Å². The molecule has 0 saturated carbocycles. The number of fused-ring (bicyclic) bond motifs is 1. The summed E-state index contributed by atoms with van der Waals surface area (Å²) in [6.45, 7) is 3.13. The van der Waals surface area contributed by atoms with Gasteiger partial charge in [-0.15, -0.1) is 0 Å². The molecule has 1 aliphatic heterocycles. The van der Waals surface area contributed by atoms with E-state index in [-0.39, 0.29) is 0 Å². The normalized spacial score (nSPS) is 15.9. The summed E-state index contributed by atoms with van der Waals surface area (Å²) in [5.74, 6) is 0.376. The quantitative estimate of drug-likeness (QED) is 0.903. The third-order valence-corrected chi connectivity index (χ3v) is 4.30. The van der Waals surface area contributed by atoms with Crippen molar-refractivity contribution in [3.05, 3.63) is 59.7 Å². The molecule has 5 heteroatoms. The van der Waals surface area contributed by atoms with Crippen LogP contribution in [0.25, 0.3) is 0 Å². The number of aliphatic hydroxyl groups is 1. The van der Waals surface area contributed by atoms with Gasteiger partial charge in [0.15, 0.2) is 6.10 Å². The number of carbonyl (C=O) groups is 1. The third kappa shape index (κ3) is 3.08. The Labute approximate surface area is 141 Å². The lowest BCUT2D eigenvalue weighted by molar-refractivity contribution is -0.130. The molecule has 2 atom stereocenters.